The highest BCUT2D eigenvalue weighted by molar-refractivity contribution is 7.99. The minimum Gasteiger partial charge on any atom is -0.481 e. The summed E-state index contributed by atoms with van der Waals surface area (Å²) in [4.78, 5) is 11.5. The second-order valence-electron chi connectivity index (χ2n) is 3.72. The minimum atomic E-state index is -0.717. The summed E-state index contributed by atoms with van der Waals surface area (Å²) in [6, 6.07) is 5.87. The quantitative estimate of drug-likeness (QED) is 0.455. The lowest BCUT2D eigenvalue weighted by molar-refractivity contribution is -0.137. The van der Waals surface area contributed by atoms with Crippen molar-refractivity contribution in [2.75, 3.05) is 11.5 Å². The summed E-state index contributed by atoms with van der Waals surface area (Å²) >= 11 is 1.74. The number of hydrogen-bond donors (Lipinski definition) is 2. The number of anilines is 1. The number of carbonyl (C=O) groups is 1. The SMILES string of the molecule is Cc1ccc(N)cc1SCCCCC(=O)O. The highest BCUT2D eigenvalue weighted by Gasteiger charge is 2.01. The predicted octanol–water partition coefficient (Wildman–Crippen LogP) is 2.92. The number of rotatable bonds is 6. The Bertz CT molecular complexity index is 366. The third-order valence-corrected chi connectivity index (χ3v) is 3.50. The van der Waals surface area contributed by atoms with E-state index in [1.165, 1.54) is 10.5 Å². The van der Waals surface area contributed by atoms with Crippen LogP contribution in [0.1, 0.15) is 24.8 Å². The maximum atomic E-state index is 10.3. The van der Waals surface area contributed by atoms with Gasteiger partial charge in [0.05, 0.1) is 0 Å². The molecule has 0 spiro atoms. The van der Waals surface area contributed by atoms with Crippen LogP contribution >= 0.6 is 11.8 Å². The van der Waals surface area contributed by atoms with Crippen LogP contribution in [0, 0.1) is 6.92 Å². The summed E-state index contributed by atoms with van der Waals surface area (Å²) in [6.07, 6.45) is 1.92. The normalized spacial score (nSPS) is 10.3. The van der Waals surface area contributed by atoms with Gasteiger partial charge in [0.25, 0.3) is 0 Å². The summed E-state index contributed by atoms with van der Waals surface area (Å²) in [6.45, 7) is 2.05. The molecule has 0 amide bonds. The molecule has 0 aliphatic carbocycles. The molecule has 1 rings (SSSR count). The van der Waals surface area contributed by atoms with E-state index in [0.717, 1.165) is 24.3 Å². The molecule has 16 heavy (non-hydrogen) atoms. The Balaban J connectivity index is 2.31. The van der Waals surface area contributed by atoms with Gasteiger partial charge in [0.15, 0.2) is 0 Å². The van der Waals surface area contributed by atoms with E-state index >= 15 is 0 Å². The molecule has 0 radical (unpaired) electrons. The van der Waals surface area contributed by atoms with Gasteiger partial charge in [0.1, 0.15) is 0 Å². The fourth-order valence-electron chi connectivity index (χ4n) is 1.33. The van der Waals surface area contributed by atoms with Gasteiger partial charge >= 0.3 is 5.97 Å². The van der Waals surface area contributed by atoms with Crippen molar-refractivity contribution in [2.45, 2.75) is 31.1 Å². The Hall–Kier alpha value is -1.16. The highest BCUT2D eigenvalue weighted by atomic mass is 32.2. The zero-order valence-electron chi connectivity index (χ0n) is 9.40. The van der Waals surface area contributed by atoms with Gasteiger partial charge in [-0.2, -0.15) is 0 Å². The Morgan fingerprint density at radius 3 is 2.88 bits per heavy atom. The topological polar surface area (TPSA) is 63.3 Å². The zero-order chi connectivity index (χ0) is 12.0. The third-order valence-electron chi connectivity index (χ3n) is 2.25. The van der Waals surface area contributed by atoms with Crippen LogP contribution in [0.2, 0.25) is 0 Å². The van der Waals surface area contributed by atoms with Crippen LogP contribution in [-0.2, 0) is 4.79 Å². The number of nitrogen functional groups attached to an aromatic ring is 1. The molecule has 0 bridgehead atoms. The number of hydrogen-bond acceptors (Lipinski definition) is 3. The molecule has 3 nitrogen and oxygen atoms in total. The van der Waals surface area contributed by atoms with E-state index in [4.69, 9.17) is 10.8 Å². The number of thioether (sulfide) groups is 1. The van der Waals surface area contributed by atoms with Gasteiger partial charge in [-0.05, 0) is 43.2 Å². The molecule has 0 saturated carbocycles. The van der Waals surface area contributed by atoms with E-state index in [1.54, 1.807) is 11.8 Å². The molecule has 0 fully saturated rings. The predicted molar refractivity (Wildman–Crippen MR) is 67.8 cm³/mol. The molecule has 1 aromatic rings. The maximum Gasteiger partial charge on any atom is 0.303 e. The van der Waals surface area contributed by atoms with Crippen LogP contribution in [-0.4, -0.2) is 16.8 Å². The fourth-order valence-corrected chi connectivity index (χ4v) is 2.42. The molecule has 88 valence electrons. The maximum absolute atomic E-state index is 10.3. The average molecular weight is 239 g/mol. The molecule has 0 heterocycles. The monoisotopic (exact) mass is 239 g/mol. The molecule has 0 unspecified atom stereocenters. The first-order valence-electron chi connectivity index (χ1n) is 5.30. The summed E-state index contributed by atoms with van der Waals surface area (Å²) < 4.78 is 0. The van der Waals surface area contributed by atoms with Crippen LogP contribution < -0.4 is 5.73 Å². The van der Waals surface area contributed by atoms with Gasteiger partial charge < -0.3 is 10.8 Å². The molecule has 0 aromatic heterocycles. The van der Waals surface area contributed by atoms with Gasteiger partial charge in [-0.15, -0.1) is 11.8 Å². The molecule has 1 aromatic carbocycles. The Morgan fingerprint density at radius 1 is 1.44 bits per heavy atom. The second kappa shape index (κ2) is 6.43. The lowest BCUT2D eigenvalue weighted by Gasteiger charge is -2.06. The number of nitrogens with two attached hydrogens (primary N) is 1. The van der Waals surface area contributed by atoms with Gasteiger partial charge in [-0.3, -0.25) is 4.79 Å². The average Bonchev–Trinajstić information content (AvgIpc) is 2.22. The van der Waals surface area contributed by atoms with Crippen molar-refractivity contribution in [1.29, 1.82) is 0 Å². The van der Waals surface area contributed by atoms with Crippen molar-refractivity contribution < 1.29 is 9.90 Å². The molecular formula is C12H17NO2S. The van der Waals surface area contributed by atoms with Crippen LogP contribution in [0.4, 0.5) is 5.69 Å². The van der Waals surface area contributed by atoms with Crippen molar-refractivity contribution in [1.82, 2.24) is 0 Å². The number of unbranched alkanes of at least 4 members (excludes halogenated alkanes) is 1. The number of aliphatic carboxylic acids is 1. The second-order valence-corrected chi connectivity index (χ2v) is 4.86. The first kappa shape index (κ1) is 12.9. The van der Waals surface area contributed by atoms with Crippen LogP contribution in [0.25, 0.3) is 0 Å². The summed E-state index contributed by atoms with van der Waals surface area (Å²) in [5, 5.41) is 8.49. The van der Waals surface area contributed by atoms with Crippen LogP contribution in [0.5, 0.6) is 0 Å². The molecular weight excluding hydrogens is 222 g/mol. The van der Waals surface area contributed by atoms with Gasteiger partial charge in [0.2, 0.25) is 0 Å². The van der Waals surface area contributed by atoms with E-state index in [2.05, 4.69) is 6.92 Å². The standard InChI is InChI=1S/C12H17NO2S/c1-9-5-6-10(13)8-11(9)16-7-3-2-4-12(14)15/h5-6,8H,2-4,7,13H2,1H3,(H,14,15). The van der Waals surface area contributed by atoms with Crippen molar-refractivity contribution in [3.63, 3.8) is 0 Å². The van der Waals surface area contributed by atoms with Crippen molar-refractivity contribution in [3.05, 3.63) is 23.8 Å². The van der Waals surface area contributed by atoms with E-state index < -0.39 is 5.97 Å². The molecule has 0 saturated heterocycles. The van der Waals surface area contributed by atoms with Gasteiger partial charge in [-0.1, -0.05) is 6.07 Å². The molecule has 4 heteroatoms. The van der Waals surface area contributed by atoms with Crippen LogP contribution in [0.3, 0.4) is 0 Å². The smallest absolute Gasteiger partial charge is 0.303 e. The zero-order valence-corrected chi connectivity index (χ0v) is 10.2. The third kappa shape index (κ3) is 4.57. The van der Waals surface area contributed by atoms with Crippen molar-refractivity contribution in [3.8, 4) is 0 Å². The van der Waals surface area contributed by atoms with E-state index in [9.17, 15) is 4.79 Å². The summed E-state index contributed by atoms with van der Waals surface area (Å²) in [5.74, 6) is 0.225. The molecule has 0 atom stereocenters. The number of benzene rings is 1. The minimum absolute atomic E-state index is 0.260. The first-order valence-corrected chi connectivity index (χ1v) is 6.29. The molecule has 3 N–H and O–H groups in total. The fraction of sp³-hybridized carbons (Fsp3) is 0.417. The van der Waals surface area contributed by atoms with E-state index in [1.807, 2.05) is 18.2 Å². The van der Waals surface area contributed by atoms with Crippen molar-refractivity contribution in [2.24, 2.45) is 0 Å². The summed E-state index contributed by atoms with van der Waals surface area (Å²) in [5.41, 5.74) is 7.70. The first-order chi connectivity index (χ1) is 7.59. The number of aryl methyl sites for hydroxylation is 1. The molecule has 0 aliphatic rings. The molecule has 0 aliphatic heterocycles. The van der Waals surface area contributed by atoms with Crippen LogP contribution in [0.15, 0.2) is 23.1 Å². The lowest BCUT2D eigenvalue weighted by atomic mass is 10.2. The Kier molecular flexibility index (Phi) is 5.19. The largest absolute Gasteiger partial charge is 0.481 e. The summed E-state index contributed by atoms with van der Waals surface area (Å²) in [7, 11) is 0. The Morgan fingerprint density at radius 2 is 2.19 bits per heavy atom. The van der Waals surface area contributed by atoms with E-state index in [-0.39, 0.29) is 6.42 Å². The highest BCUT2D eigenvalue weighted by Crippen LogP contribution is 2.25. The van der Waals surface area contributed by atoms with Gasteiger partial charge in [-0.25, -0.2) is 0 Å². The number of carboxylic acids is 1. The lowest BCUT2D eigenvalue weighted by Crippen LogP contribution is -1.94. The van der Waals surface area contributed by atoms with Gasteiger partial charge in [0, 0.05) is 17.0 Å². The van der Waals surface area contributed by atoms with Crippen molar-refractivity contribution >= 4 is 23.4 Å². The number of carboxylic acid groups (broad SMARTS) is 1. The van der Waals surface area contributed by atoms with E-state index in [0.29, 0.717) is 0 Å². The Labute approximate surface area is 100 Å².